The smallest absolute Gasteiger partial charge is 0.128 e. The van der Waals surface area contributed by atoms with Gasteiger partial charge >= 0.3 is 0 Å². The summed E-state index contributed by atoms with van der Waals surface area (Å²) in [6.07, 6.45) is -0.233. The summed E-state index contributed by atoms with van der Waals surface area (Å²) in [5, 5.41) is 3.14. The third kappa shape index (κ3) is 3.00. The molecule has 1 N–H and O–H groups in total. The number of rotatable bonds is 5. The quantitative estimate of drug-likeness (QED) is 0.887. The van der Waals surface area contributed by atoms with E-state index in [1.807, 2.05) is 43.4 Å². The average Bonchev–Trinajstić information content (AvgIpc) is 2.46. The van der Waals surface area contributed by atoms with Gasteiger partial charge in [-0.3, -0.25) is 0 Å². The SMILES string of the molecule is CNC(c1ccccc1F)C(OC)c1ccccc1. The van der Waals surface area contributed by atoms with E-state index in [1.54, 1.807) is 19.2 Å². The van der Waals surface area contributed by atoms with Crippen LogP contribution in [0.25, 0.3) is 0 Å². The van der Waals surface area contributed by atoms with Crippen molar-refractivity contribution in [3.8, 4) is 0 Å². The van der Waals surface area contributed by atoms with Crippen LogP contribution in [-0.2, 0) is 4.74 Å². The monoisotopic (exact) mass is 259 g/mol. The Balaban J connectivity index is 2.38. The number of hydrogen-bond donors (Lipinski definition) is 1. The molecule has 19 heavy (non-hydrogen) atoms. The van der Waals surface area contributed by atoms with Crippen molar-refractivity contribution in [1.82, 2.24) is 5.32 Å². The van der Waals surface area contributed by atoms with E-state index in [1.165, 1.54) is 6.07 Å². The Labute approximate surface area is 113 Å². The second-order valence-corrected chi connectivity index (χ2v) is 4.35. The molecule has 0 aliphatic heterocycles. The molecule has 0 saturated heterocycles. The van der Waals surface area contributed by atoms with Crippen LogP contribution in [0.5, 0.6) is 0 Å². The van der Waals surface area contributed by atoms with E-state index < -0.39 is 0 Å². The molecule has 0 aliphatic carbocycles. The number of methoxy groups -OCH3 is 1. The Hall–Kier alpha value is -1.71. The third-order valence-electron chi connectivity index (χ3n) is 3.24. The number of benzene rings is 2. The largest absolute Gasteiger partial charge is 0.375 e. The summed E-state index contributed by atoms with van der Waals surface area (Å²) in [6.45, 7) is 0. The van der Waals surface area contributed by atoms with Crippen molar-refractivity contribution in [2.24, 2.45) is 0 Å². The molecule has 0 saturated carbocycles. The molecule has 3 heteroatoms. The van der Waals surface area contributed by atoms with Crippen molar-refractivity contribution < 1.29 is 9.13 Å². The summed E-state index contributed by atoms with van der Waals surface area (Å²) in [5.74, 6) is -0.222. The maximum Gasteiger partial charge on any atom is 0.128 e. The summed E-state index contributed by atoms with van der Waals surface area (Å²) in [7, 11) is 3.45. The molecule has 2 aromatic carbocycles. The van der Waals surface area contributed by atoms with Gasteiger partial charge in [-0.05, 0) is 18.7 Å². The van der Waals surface area contributed by atoms with E-state index in [-0.39, 0.29) is 18.0 Å². The minimum absolute atomic E-state index is 0.222. The summed E-state index contributed by atoms with van der Waals surface area (Å²) in [6, 6.07) is 16.4. The van der Waals surface area contributed by atoms with Crippen LogP contribution in [0, 0.1) is 5.82 Å². The highest BCUT2D eigenvalue weighted by molar-refractivity contribution is 5.27. The van der Waals surface area contributed by atoms with Crippen molar-refractivity contribution in [2.45, 2.75) is 12.1 Å². The van der Waals surface area contributed by atoms with Crippen molar-refractivity contribution in [3.05, 3.63) is 71.5 Å². The molecule has 2 aromatic rings. The van der Waals surface area contributed by atoms with E-state index in [9.17, 15) is 4.39 Å². The van der Waals surface area contributed by atoms with Gasteiger partial charge in [0, 0.05) is 12.7 Å². The fourth-order valence-corrected chi connectivity index (χ4v) is 2.30. The molecule has 2 nitrogen and oxygen atoms in total. The minimum atomic E-state index is -0.233. The first-order chi connectivity index (χ1) is 9.27. The predicted octanol–water partition coefficient (Wildman–Crippen LogP) is 3.47. The molecule has 0 heterocycles. The number of likely N-dealkylation sites (N-methyl/N-ethyl adjacent to an activating group) is 1. The van der Waals surface area contributed by atoms with Gasteiger partial charge in [0.2, 0.25) is 0 Å². The first-order valence-electron chi connectivity index (χ1n) is 6.27. The zero-order valence-electron chi connectivity index (χ0n) is 11.1. The van der Waals surface area contributed by atoms with Gasteiger partial charge in [-0.25, -0.2) is 4.39 Å². The molecule has 0 fully saturated rings. The summed E-state index contributed by atoms with van der Waals surface area (Å²) >= 11 is 0. The van der Waals surface area contributed by atoms with Crippen molar-refractivity contribution >= 4 is 0 Å². The highest BCUT2D eigenvalue weighted by atomic mass is 19.1. The molecule has 0 radical (unpaired) electrons. The Kier molecular flexibility index (Phi) is 4.66. The van der Waals surface area contributed by atoms with E-state index in [2.05, 4.69) is 5.32 Å². The number of ether oxygens (including phenoxy) is 1. The normalized spacial score (nSPS) is 14.1. The Morgan fingerprint density at radius 3 is 2.21 bits per heavy atom. The maximum absolute atomic E-state index is 13.9. The second-order valence-electron chi connectivity index (χ2n) is 4.35. The number of nitrogens with one attached hydrogen (secondary N) is 1. The fraction of sp³-hybridized carbons (Fsp3) is 0.250. The Morgan fingerprint density at radius 1 is 1.00 bits per heavy atom. The molecule has 2 atom stereocenters. The van der Waals surface area contributed by atoms with Gasteiger partial charge < -0.3 is 10.1 Å². The first kappa shape index (κ1) is 13.7. The summed E-state index contributed by atoms with van der Waals surface area (Å²) < 4.78 is 19.5. The van der Waals surface area contributed by atoms with E-state index >= 15 is 0 Å². The molecule has 0 aliphatic rings. The third-order valence-corrected chi connectivity index (χ3v) is 3.24. The van der Waals surface area contributed by atoms with Crippen LogP contribution in [0.3, 0.4) is 0 Å². The highest BCUT2D eigenvalue weighted by Crippen LogP contribution is 2.32. The van der Waals surface area contributed by atoms with Crippen molar-refractivity contribution in [2.75, 3.05) is 14.2 Å². The van der Waals surface area contributed by atoms with E-state index in [0.717, 1.165) is 5.56 Å². The molecular formula is C16H18FNO. The zero-order chi connectivity index (χ0) is 13.7. The van der Waals surface area contributed by atoms with Gasteiger partial charge in [-0.2, -0.15) is 0 Å². The summed E-state index contributed by atoms with van der Waals surface area (Å²) in [4.78, 5) is 0. The molecule has 2 rings (SSSR count). The fourth-order valence-electron chi connectivity index (χ4n) is 2.30. The van der Waals surface area contributed by atoms with Crippen molar-refractivity contribution in [3.63, 3.8) is 0 Å². The predicted molar refractivity (Wildman–Crippen MR) is 74.4 cm³/mol. The van der Waals surface area contributed by atoms with Crippen LogP contribution in [-0.4, -0.2) is 14.2 Å². The van der Waals surface area contributed by atoms with Crippen LogP contribution < -0.4 is 5.32 Å². The maximum atomic E-state index is 13.9. The van der Waals surface area contributed by atoms with Gasteiger partial charge in [0.1, 0.15) is 11.9 Å². The van der Waals surface area contributed by atoms with Crippen LogP contribution in [0.4, 0.5) is 4.39 Å². The van der Waals surface area contributed by atoms with Gasteiger partial charge in [-0.15, -0.1) is 0 Å². The zero-order valence-corrected chi connectivity index (χ0v) is 11.1. The van der Waals surface area contributed by atoms with Crippen LogP contribution in [0.1, 0.15) is 23.3 Å². The standard InChI is InChI=1S/C16H18FNO/c1-18-15(13-10-6-7-11-14(13)17)16(19-2)12-8-4-3-5-9-12/h3-11,15-16,18H,1-2H3. The summed E-state index contributed by atoms with van der Waals surface area (Å²) in [5.41, 5.74) is 1.63. The Morgan fingerprint density at radius 2 is 1.63 bits per heavy atom. The molecule has 0 aromatic heterocycles. The van der Waals surface area contributed by atoms with Crippen LogP contribution >= 0.6 is 0 Å². The highest BCUT2D eigenvalue weighted by Gasteiger charge is 2.25. The molecule has 0 amide bonds. The van der Waals surface area contributed by atoms with Crippen molar-refractivity contribution in [1.29, 1.82) is 0 Å². The van der Waals surface area contributed by atoms with Gasteiger partial charge in [0.25, 0.3) is 0 Å². The lowest BCUT2D eigenvalue weighted by Gasteiger charge is -2.26. The molecule has 2 unspecified atom stereocenters. The van der Waals surface area contributed by atoms with Crippen LogP contribution in [0.2, 0.25) is 0 Å². The lowest BCUT2D eigenvalue weighted by atomic mass is 9.95. The van der Waals surface area contributed by atoms with Gasteiger partial charge in [0.05, 0.1) is 6.04 Å². The first-order valence-corrected chi connectivity index (χ1v) is 6.27. The minimum Gasteiger partial charge on any atom is -0.375 e. The van der Waals surface area contributed by atoms with E-state index in [4.69, 9.17) is 4.74 Å². The van der Waals surface area contributed by atoms with Gasteiger partial charge in [-0.1, -0.05) is 48.5 Å². The average molecular weight is 259 g/mol. The molecule has 0 spiro atoms. The lowest BCUT2D eigenvalue weighted by molar-refractivity contribution is 0.0690. The number of halogens is 1. The number of hydrogen-bond acceptors (Lipinski definition) is 2. The lowest BCUT2D eigenvalue weighted by Crippen LogP contribution is -2.26. The molecule has 0 bridgehead atoms. The second kappa shape index (κ2) is 6.45. The molecule has 100 valence electrons. The van der Waals surface area contributed by atoms with Crippen LogP contribution in [0.15, 0.2) is 54.6 Å². The molecular weight excluding hydrogens is 241 g/mol. The topological polar surface area (TPSA) is 21.3 Å². The Bertz CT molecular complexity index is 515. The van der Waals surface area contributed by atoms with Gasteiger partial charge in [0.15, 0.2) is 0 Å². The van der Waals surface area contributed by atoms with E-state index in [0.29, 0.717) is 5.56 Å².